The van der Waals surface area contributed by atoms with Crippen molar-refractivity contribution < 1.29 is 21.6 Å². The Balaban J connectivity index is 1.85. The summed E-state index contributed by atoms with van der Waals surface area (Å²) in [6.07, 6.45) is 0. The zero-order valence-corrected chi connectivity index (χ0v) is 16.6. The topological polar surface area (TPSA) is 72.2 Å². The van der Waals surface area contributed by atoms with E-state index < -0.39 is 26.5 Å². The Labute approximate surface area is 171 Å². The van der Waals surface area contributed by atoms with Crippen molar-refractivity contribution in [1.82, 2.24) is 4.98 Å². The molecule has 5 nitrogen and oxygen atoms in total. The first kappa shape index (κ1) is 19.8. The Kier molecular flexibility index (Phi) is 5.09. The van der Waals surface area contributed by atoms with Gasteiger partial charge in [0.05, 0.1) is 10.5 Å². The van der Waals surface area contributed by atoms with Crippen LogP contribution in [0.3, 0.4) is 0 Å². The summed E-state index contributed by atoms with van der Waals surface area (Å²) in [5.74, 6) is -1.44. The summed E-state index contributed by atoms with van der Waals surface area (Å²) >= 11 is 0. The van der Waals surface area contributed by atoms with E-state index in [0.717, 1.165) is 5.56 Å². The number of anilines is 2. The van der Waals surface area contributed by atoms with Crippen LogP contribution in [0.5, 0.6) is 0 Å². The van der Waals surface area contributed by atoms with Crippen molar-refractivity contribution in [3.8, 4) is 11.5 Å². The number of rotatable bonds is 5. The minimum atomic E-state index is -4.08. The van der Waals surface area contributed by atoms with E-state index in [1.165, 1.54) is 54.6 Å². The van der Waals surface area contributed by atoms with Crippen LogP contribution >= 0.6 is 0 Å². The van der Waals surface area contributed by atoms with Crippen molar-refractivity contribution in [1.29, 1.82) is 0 Å². The number of benzene rings is 3. The van der Waals surface area contributed by atoms with Gasteiger partial charge in [0.15, 0.2) is 0 Å². The zero-order chi connectivity index (χ0) is 21.3. The molecule has 4 rings (SSSR count). The van der Waals surface area contributed by atoms with E-state index in [-0.39, 0.29) is 22.2 Å². The number of sulfone groups is 1. The molecule has 0 radical (unpaired) electrons. The SMILES string of the molecule is Cc1ccc(S(=O)(=O)c2nc(-c3ccccc3F)oc2Nc2ccc(F)cc2)cc1. The van der Waals surface area contributed by atoms with Crippen LogP contribution < -0.4 is 5.32 Å². The van der Waals surface area contributed by atoms with Gasteiger partial charge in [0, 0.05) is 5.69 Å². The third-order valence-corrected chi connectivity index (χ3v) is 6.07. The summed E-state index contributed by atoms with van der Waals surface area (Å²) in [6, 6.07) is 17.3. The number of oxazole rings is 1. The van der Waals surface area contributed by atoms with Gasteiger partial charge in [0.25, 0.3) is 0 Å². The Bertz CT molecular complexity index is 1300. The molecule has 1 N–H and O–H groups in total. The Morgan fingerprint density at radius 1 is 0.900 bits per heavy atom. The number of nitrogens with one attached hydrogen (secondary N) is 1. The molecular formula is C22H16F2N2O3S. The lowest BCUT2D eigenvalue weighted by Crippen LogP contribution is -2.05. The first-order valence-electron chi connectivity index (χ1n) is 8.95. The molecule has 0 saturated carbocycles. The van der Waals surface area contributed by atoms with Crippen LogP contribution in [0.1, 0.15) is 5.56 Å². The second-order valence-electron chi connectivity index (χ2n) is 6.58. The number of aryl methyl sites for hydroxylation is 1. The molecule has 0 aliphatic heterocycles. The second-order valence-corrected chi connectivity index (χ2v) is 8.45. The number of nitrogens with zero attached hydrogens (tertiary/aromatic N) is 1. The predicted molar refractivity (Wildman–Crippen MR) is 108 cm³/mol. The smallest absolute Gasteiger partial charge is 0.238 e. The molecule has 0 aliphatic carbocycles. The number of halogens is 2. The standard InChI is InChI=1S/C22H16F2N2O3S/c1-14-6-12-17(13-7-14)30(27,28)22-21(25-16-10-8-15(23)9-11-16)29-20(26-22)18-4-2-3-5-19(18)24/h2-13,25H,1H3. The molecule has 0 amide bonds. The quantitative estimate of drug-likeness (QED) is 0.456. The molecular weight excluding hydrogens is 410 g/mol. The maximum absolute atomic E-state index is 14.2. The first-order valence-corrected chi connectivity index (χ1v) is 10.4. The fourth-order valence-electron chi connectivity index (χ4n) is 2.81. The van der Waals surface area contributed by atoms with Crippen LogP contribution in [0, 0.1) is 18.6 Å². The maximum Gasteiger partial charge on any atom is 0.238 e. The second kappa shape index (κ2) is 7.72. The lowest BCUT2D eigenvalue weighted by atomic mass is 10.2. The van der Waals surface area contributed by atoms with Gasteiger partial charge in [-0.1, -0.05) is 29.8 Å². The average Bonchev–Trinajstić information content (AvgIpc) is 3.15. The fraction of sp³-hybridized carbons (Fsp3) is 0.0455. The van der Waals surface area contributed by atoms with E-state index in [9.17, 15) is 17.2 Å². The minimum absolute atomic E-state index is 0.0173. The number of aromatic nitrogens is 1. The van der Waals surface area contributed by atoms with E-state index in [0.29, 0.717) is 5.69 Å². The van der Waals surface area contributed by atoms with Gasteiger partial charge in [-0.25, -0.2) is 17.2 Å². The van der Waals surface area contributed by atoms with Crippen LogP contribution in [0.4, 0.5) is 20.4 Å². The summed E-state index contributed by atoms with van der Waals surface area (Å²) in [5.41, 5.74) is 1.30. The van der Waals surface area contributed by atoms with Crippen molar-refractivity contribution in [2.45, 2.75) is 16.8 Å². The molecule has 0 spiro atoms. The summed E-state index contributed by atoms with van der Waals surface area (Å²) in [5, 5.41) is 2.40. The molecule has 3 aromatic carbocycles. The van der Waals surface area contributed by atoms with Gasteiger partial charge in [0.1, 0.15) is 11.6 Å². The van der Waals surface area contributed by atoms with Crippen LogP contribution in [0.15, 0.2) is 87.1 Å². The first-order chi connectivity index (χ1) is 14.3. The third-order valence-electron chi connectivity index (χ3n) is 4.39. The normalized spacial score (nSPS) is 11.4. The summed E-state index contributed by atoms with van der Waals surface area (Å²) in [7, 11) is -4.08. The molecule has 1 heterocycles. The van der Waals surface area contributed by atoms with E-state index in [2.05, 4.69) is 10.3 Å². The largest absolute Gasteiger partial charge is 0.419 e. The Morgan fingerprint density at radius 3 is 2.23 bits per heavy atom. The number of hydrogen-bond donors (Lipinski definition) is 1. The highest BCUT2D eigenvalue weighted by Gasteiger charge is 2.29. The van der Waals surface area contributed by atoms with E-state index in [1.54, 1.807) is 18.2 Å². The predicted octanol–water partition coefficient (Wildman–Crippen LogP) is 5.50. The highest BCUT2D eigenvalue weighted by Crippen LogP contribution is 2.34. The van der Waals surface area contributed by atoms with Gasteiger partial charge in [-0.15, -0.1) is 0 Å². The molecule has 4 aromatic rings. The lowest BCUT2D eigenvalue weighted by Gasteiger charge is -2.06. The average molecular weight is 426 g/mol. The Hall–Kier alpha value is -3.52. The molecule has 0 saturated heterocycles. The van der Waals surface area contributed by atoms with Gasteiger partial charge < -0.3 is 9.73 Å². The van der Waals surface area contributed by atoms with E-state index >= 15 is 0 Å². The maximum atomic E-state index is 14.2. The van der Waals surface area contributed by atoms with Crippen LogP contribution in [-0.2, 0) is 9.84 Å². The highest BCUT2D eigenvalue weighted by molar-refractivity contribution is 7.91. The molecule has 1 aromatic heterocycles. The summed E-state index contributed by atoms with van der Waals surface area (Å²) < 4.78 is 59.5. The Morgan fingerprint density at radius 2 is 1.57 bits per heavy atom. The van der Waals surface area contributed by atoms with Gasteiger partial charge >= 0.3 is 0 Å². The van der Waals surface area contributed by atoms with Crippen molar-refractivity contribution in [2.24, 2.45) is 0 Å². The molecule has 8 heteroatoms. The van der Waals surface area contributed by atoms with Gasteiger partial charge in [-0.05, 0) is 55.5 Å². The van der Waals surface area contributed by atoms with Crippen molar-refractivity contribution in [3.63, 3.8) is 0 Å². The van der Waals surface area contributed by atoms with E-state index in [4.69, 9.17) is 4.42 Å². The van der Waals surface area contributed by atoms with E-state index in [1.807, 2.05) is 6.92 Å². The monoisotopic (exact) mass is 426 g/mol. The third kappa shape index (κ3) is 3.81. The summed E-state index contributed by atoms with van der Waals surface area (Å²) in [4.78, 5) is 4.11. The minimum Gasteiger partial charge on any atom is -0.419 e. The molecule has 0 atom stereocenters. The van der Waals surface area contributed by atoms with Crippen LogP contribution in [0.2, 0.25) is 0 Å². The molecule has 0 unspecified atom stereocenters. The summed E-state index contributed by atoms with van der Waals surface area (Å²) in [6.45, 7) is 1.84. The number of hydrogen-bond acceptors (Lipinski definition) is 5. The highest BCUT2D eigenvalue weighted by atomic mass is 32.2. The molecule has 152 valence electrons. The zero-order valence-electron chi connectivity index (χ0n) is 15.8. The molecule has 30 heavy (non-hydrogen) atoms. The lowest BCUT2D eigenvalue weighted by molar-refractivity contribution is 0.572. The van der Waals surface area contributed by atoms with Gasteiger partial charge in [-0.3, -0.25) is 0 Å². The molecule has 0 bridgehead atoms. The van der Waals surface area contributed by atoms with Crippen molar-refractivity contribution in [2.75, 3.05) is 5.32 Å². The molecule has 0 aliphatic rings. The molecule has 0 fully saturated rings. The van der Waals surface area contributed by atoms with Crippen LogP contribution in [-0.4, -0.2) is 13.4 Å². The van der Waals surface area contributed by atoms with Crippen molar-refractivity contribution >= 4 is 21.4 Å². The van der Waals surface area contributed by atoms with Crippen molar-refractivity contribution in [3.05, 3.63) is 90.0 Å². The van der Waals surface area contributed by atoms with Crippen LogP contribution in [0.25, 0.3) is 11.5 Å². The van der Waals surface area contributed by atoms with Gasteiger partial charge in [-0.2, -0.15) is 4.98 Å². The fourth-order valence-corrected chi connectivity index (χ4v) is 4.07. The van der Waals surface area contributed by atoms with Gasteiger partial charge in [0.2, 0.25) is 26.6 Å².